The molecule has 0 aliphatic rings. The summed E-state index contributed by atoms with van der Waals surface area (Å²) in [5.74, 6) is -3.00. The number of hydrogen-bond donors (Lipinski definition) is 0. The number of halogens is 4. The summed E-state index contributed by atoms with van der Waals surface area (Å²) in [6.45, 7) is -1.28. The van der Waals surface area contributed by atoms with Crippen LogP contribution in [-0.4, -0.2) is 32.8 Å². The van der Waals surface area contributed by atoms with E-state index in [4.69, 9.17) is 0 Å². The fourth-order valence-corrected chi connectivity index (χ4v) is 1.32. The van der Waals surface area contributed by atoms with Crippen LogP contribution in [-0.2, 0) is 9.84 Å². The summed E-state index contributed by atoms with van der Waals surface area (Å²) >= 11 is 0. The van der Waals surface area contributed by atoms with Crippen LogP contribution in [0.3, 0.4) is 0 Å². The zero-order valence-electron chi connectivity index (χ0n) is 5.36. The lowest BCUT2D eigenvalue weighted by atomic mass is 10.8. The third kappa shape index (κ3) is 6.08. The highest BCUT2D eigenvalue weighted by atomic mass is 32.2. The SMILES string of the molecule is O=S(=O)(CCF)CC(F)(F)F. The first-order valence-corrected chi connectivity index (χ1v) is 4.42. The Bertz CT molecular complexity index is 205. The smallest absolute Gasteiger partial charge is 0.250 e. The Morgan fingerprint density at radius 3 is 1.91 bits per heavy atom. The van der Waals surface area contributed by atoms with Crippen LogP contribution in [0.25, 0.3) is 0 Å². The zero-order valence-corrected chi connectivity index (χ0v) is 6.17. The van der Waals surface area contributed by atoms with Crippen molar-refractivity contribution in [3.63, 3.8) is 0 Å². The van der Waals surface area contributed by atoms with E-state index >= 15 is 0 Å². The van der Waals surface area contributed by atoms with Crippen LogP contribution in [0.15, 0.2) is 0 Å². The van der Waals surface area contributed by atoms with Crippen LogP contribution in [0.4, 0.5) is 17.6 Å². The van der Waals surface area contributed by atoms with E-state index in [1.165, 1.54) is 0 Å². The molecule has 0 aliphatic carbocycles. The molecule has 0 N–H and O–H groups in total. The van der Waals surface area contributed by atoms with Gasteiger partial charge in [-0.2, -0.15) is 13.2 Å². The van der Waals surface area contributed by atoms with Crippen molar-refractivity contribution in [1.82, 2.24) is 0 Å². The Morgan fingerprint density at radius 2 is 1.64 bits per heavy atom. The van der Waals surface area contributed by atoms with Gasteiger partial charge in [-0.15, -0.1) is 0 Å². The van der Waals surface area contributed by atoms with Crippen LogP contribution in [0.5, 0.6) is 0 Å². The molecule has 0 saturated carbocycles. The van der Waals surface area contributed by atoms with E-state index in [1.54, 1.807) is 0 Å². The molecule has 68 valence electrons. The predicted octanol–water partition coefficient (Wildman–Crippen LogP) is 0.933. The number of hydrogen-bond acceptors (Lipinski definition) is 2. The van der Waals surface area contributed by atoms with Crippen LogP contribution in [0.1, 0.15) is 0 Å². The lowest BCUT2D eigenvalue weighted by Crippen LogP contribution is -2.25. The molecule has 0 rings (SSSR count). The van der Waals surface area contributed by atoms with Crippen molar-refractivity contribution >= 4 is 9.84 Å². The van der Waals surface area contributed by atoms with Crippen molar-refractivity contribution in [3.8, 4) is 0 Å². The van der Waals surface area contributed by atoms with E-state index in [0.717, 1.165) is 0 Å². The summed E-state index contributed by atoms with van der Waals surface area (Å²) < 4.78 is 66.0. The Hall–Kier alpha value is -0.330. The van der Waals surface area contributed by atoms with Gasteiger partial charge in [0.1, 0.15) is 12.4 Å². The van der Waals surface area contributed by atoms with Crippen molar-refractivity contribution in [1.29, 1.82) is 0 Å². The molecule has 0 bridgehead atoms. The maximum atomic E-state index is 11.4. The van der Waals surface area contributed by atoms with E-state index in [9.17, 15) is 26.0 Å². The van der Waals surface area contributed by atoms with Gasteiger partial charge in [-0.3, -0.25) is 0 Å². The van der Waals surface area contributed by atoms with Gasteiger partial charge in [-0.1, -0.05) is 0 Å². The van der Waals surface area contributed by atoms with Gasteiger partial charge in [0.2, 0.25) is 0 Å². The molecule has 7 heteroatoms. The minimum Gasteiger partial charge on any atom is -0.250 e. The van der Waals surface area contributed by atoms with E-state index in [2.05, 4.69) is 0 Å². The molecule has 0 aliphatic heterocycles. The summed E-state index contributed by atoms with van der Waals surface area (Å²) in [7, 11) is -4.29. The third-order valence-corrected chi connectivity index (χ3v) is 2.32. The first kappa shape index (κ1) is 10.7. The summed E-state index contributed by atoms with van der Waals surface area (Å²) in [5, 5.41) is 0. The molecule has 0 amide bonds. The second-order valence-corrected chi connectivity index (χ2v) is 4.08. The fourth-order valence-electron chi connectivity index (χ4n) is 0.439. The summed E-state index contributed by atoms with van der Waals surface area (Å²) in [6.07, 6.45) is -4.77. The van der Waals surface area contributed by atoms with Gasteiger partial charge in [0.05, 0.1) is 5.75 Å². The summed E-state index contributed by atoms with van der Waals surface area (Å²) in [4.78, 5) is 0. The molecule has 0 spiro atoms. The highest BCUT2D eigenvalue weighted by Crippen LogP contribution is 2.17. The maximum absolute atomic E-state index is 11.4. The first-order valence-electron chi connectivity index (χ1n) is 2.60. The lowest BCUT2D eigenvalue weighted by molar-refractivity contribution is -0.106. The second kappa shape index (κ2) is 3.38. The van der Waals surface area contributed by atoms with Gasteiger partial charge < -0.3 is 0 Å². The van der Waals surface area contributed by atoms with Crippen molar-refractivity contribution in [2.45, 2.75) is 6.18 Å². The first-order chi connectivity index (χ1) is 4.77. The molecule has 0 aromatic heterocycles. The average molecular weight is 194 g/mol. The number of sulfone groups is 1. The van der Waals surface area contributed by atoms with Gasteiger partial charge in [0, 0.05) is 0 Å². The Morgan fingerprint density at radius 1 is 1.18 bits per heavy atom. The van der Waals surface area contributed by atoms with Crippen LogP contribution in [0, 0.1) is 0 Å². The quantitative estimate of drug-likeness (QED) is 0.626. The van der Waals surface area contributed by atoms with Gasteiger partial charge in [-0.05, 0) is 0 Å². The standard InChI is InChI=1S/C4H6F4O2S/c5-1-2-11(9,10)3-4(6,7)8/h1-3H2. The average Bonchev–Trinajstić information content (AvgIpc) is 1.55. The largest absolute Gasteiger partial charge is 0.402 e. The molecule has 0 heterocycles. The minimum absolute atomic E-state index is 1.06. The summed E-state index contributed by atoms with van der Waals surface area (Å²) in [6, 6.07) is 0. The summed E-state index contributed by atoms with van der Waals surface area (Å²) in [5.41, 5.74) is 0. The fraction of sp³-hybridized carbons (Fsp3) is 1.00. The van der Waals surface area contributed by atoms with Crippen LogP contribution < -0.4 is 0 Å². The van der Waals surface area contributed by atoms with E-state index in [0.29, 0.717) is 0 Å². The molecular formula is C4H6F4O2S. The topological polar surface area (TPSA) is 34.1 Å². The van der Waals surface area contributed by atoms with E-state index in [-0.39, 0.29) is 0 Å². The number of alkyl halides is 4. The molecular weight excluding hydrogens is 188 g/mol. The number of rotatable bonds is 3. The molecule has 0 fully saturated rings. The van der Waals surface area contributed by atoms with Crippen molar-refractivity contribution in [2.24, 2.45) is 0 Å². The van der Waals surface area contributed by atoms with Gasteiger partial charge in [0.25, 0.3) is 0 Å². The van der Waals surface area contributed by atoms with Crippen molar-refractivity contribution in [3.05, 3.63) is 0 Å². The zero-order chi connectivity index (χ0) is 9.12. The van der Waals surface area contributed by atoms with Crippen molar-refractivity contribution in [2.75, 3.05) is 18.2 Å². The molecule has 0 radical (unpaired) electrons. The molecule has 11 heavy (non-hydrogen) atoms. The second-order valence-electron chi connectivity index (χ2n) is 1.90. The maximum Gasteiger partial charge on any atom is 0.402 e. The molecule has 2 nitrogen and oxygen atoms in total. The van der Waals surface area contributed by atoms with Gasteiger partial charge in [-0.25, -0.2) is 12.8 Å². The monoisotopic (exact) mass is 194 g/mol. The Kier molecular flexibility index (Phi) is 3.28. The normalized spacial score (nSPS) is 13.5. The predicted molar refractivity (Wildman–Crippen MR) is 30.7 cm³/mol. The van der Waals surface area contributed by atoms with E-state index in [1.807, 2.05) is 0 Å². The Labute approximate surface area is 61.1 Å². The minimum atomic E-state index is -4.77. The van der Waals surface area contributed by atoms with Gasteiger partial charge in [0.15, 0.2) is 9.84 Å². The lowest BCUT2D eigenvalue weighted by Gasteiger charge is -2.04. The third-order valence-electron chi connectivity index (χ3n) is 0.772. The molecule has 0 saturated heterocycles. The highest BCUT2D eigenvalue weighted by Gasteiger charge is 2.34. The van der Waals surface area contributed by atoms with Crippen molar-refractivity contribution < 1.29 is 26.0 Å². The molecule has 0 aromatic carbocycles. The molecule has 0 atom stereocenters. The highest BCUT2D eigenvalue weighted by molar-refractivity contribution is 7.91. The molecule has 0 aromatic rings. The van der Waals surface area contributed by atoms with Gasteiger partial charge >= 0.3 is 6.18 Å². The molecule has 0 unspecified atom stereocenters. The van der Waals surface area contributed by atoms with Crippen LogP contribution >= 0.6 is 0 Å². The van der Waals surface area contributed by atoms with Crippen LogP contribution in [0.2, 0.25) is 0 Å². The van der Waals surface area contributed by atoms with E-state index < -0.39 is 34.2 Å². The Balaban J connectivity index is 4.15.